The Balaban J connectivity index is 1.08. The van der Waals surface area contributed by atoms with Crippen LogP contribution in [0.4, 0.5) is 5.69 Å². The molecule has 1 heterocycles. The summed E-state index contributed by atoms with van der Waals surface area (Å²) in [6, 6.07) is 26.4. The molecule has 6 rings (SSSR count). The van der Waals surface area contributed by atoms with E-state index in [2.05, 4.69) is 95.9 Å². The molecule has 1 aliphatic heterocycles. The first-order valence-corrected chi connectivity index (χ1v) is 15.3. The van der Waals surface area contributed by atoms with Crippen LogP contribution in [-0.4, -0.2) is 25.3 Å². The molecule has 4 aromatic carbocycles. The zero-order valence-corrected chi connectivity index (χ0v) is 25.5. The van der Waals surface area contributed by atoms with Crippen molar-refractivity contribution in [1.29, 1.82) is 0 Å². The zero-order valence-electron chi connectivity index (χ0n) is 25.5. The van der Waals surface area contributed by atoms with Crippen molar-refractivity contribution in [2.24, 2.45) is 10.3 Å². The molecule has 0 saturated carbocycles. The maximum Gasteiger partial charge on any atom is 0.338 e. The van der Waals surface area contributed by atoms with Gasteiger partial charge in [0, 0.05) is 12.2 Å². The number of benzene rings is 4. The Morgan fingerprint density at radius 3 is 2.55 bits per heavy atom. The van der Waals surface area contributed by atoms with Gasteiger partial charge in [0.25, 0.3) is 0 Å². The number of hydrazine groups is 1. The summed E-state index contributed by atoms with van der Waals surface area (Å²) < 4.78 is 11.3. The van der Waals surface area contributed by atoms with Crippen LogP contribution >= 0.6 is 0 Å². The molecule has 8 heteroatoms. The minimum Gasteiger partial charge on any atom is -0.490 e. The quantitative estimate of drug-likeness (QED) is 0.125. The van der Waals surface area contributed by atoms with E-state index in [0.29, 0.717) is 18.1 Å². The van der Waals surface area contributed by atoms with E-state index in [1.54, 1.807) is 12.1 Å². The third kappa shape index (κ3) is 6.60. The van der Waals surface area contributed by atoms with E-state index >= 15 is 0 Å². The molecule has 2 unspecified atom stereocenters. The molecule has 2 aliphatic rings. The molecule has 1 aliphatic carbocycles. The highest BCUT2D eigenvalue weighted by Gasteiger charge is 2.26. The number of hydrogen-bond donors (Lipinski definition) is 3. The van der Waals surface area contributed by atoms with Crippen molar-refractivity contribution < 1.29 is 14.3 Å². The molecule has 0 spiro atoms. The molecule has 0 amide bonds. The molecular weight excluding hydrogens is 550 g/mol. The second kappa shape index (κ2) is 13.3. The molecular formula is C36H39N5O3. The van der Waals surface area contributed by atoms with E-state index in [1.165, 1.54) is 33.4 Å². The van der Waals surface area contributed by atoms with Gasteiger partial charge in [-0.2, -0.15) is 5.43 Å². The zero-order chi connectivity index (χ0) is 30.5. The fourth-order valence-corrected chi connectivity index (χ4v) is 6.39. The van der Waals surface area contributed by atoms with Crippen molar-refractivity contribution in [2.75, 3.05) is 18.5 Å². The van der Waals surface area contributed by atoms with Crippen LogP contribution in [0.15, 0.2) is 89.2 Å². The molecule has 2 atom stereocenters. The maximum atomic E-state index is 12.2. The predicted molar refractivity (Wildman–Crippen MR) is 173 cm³/mol. The van der Waals surface area contributed by atoms with Gasteiger partial charge in [-0.25, -0.2) is 10.3 Å². The first-order chi connectivity index (χ1) is 21.5. The van der Waals surface area contributed by atoms with Crippen molar-refractivity contribution in [2.45, 2.75) is 58.7 Å². The molecule has 0 radical (unpaired) electrons. The Labute approximate surface area is 258 Å². The van der Waals surface area contributed by atoms with Crippen molar-refractivity contribution >= 4 is 11.7 Å². The van der Waals surface area contributed by atoms with Gasteiger partial charge in [-0.15, -0.1) is 5.11 Å². The van der Waals surface area contributed by atoms with E-state index in [9.17, 15) is 4.79 Å². The highest BCUT2D eigenvalue weighted by Crippen LogP contribution is 2.38. The second-order valence-corrected chi connectivity index (χ2v) is 11.6. The van der Waals surface area contributed by atoms with Crippen LogP contribution in [0.3, 0.4) is 0 Å². The Kier molecular flexibility index (Phi) is 8.89. The Hall–Kier alpha value is -4.69. The van der Waals surface area contributed by atoms with E-state index in [4.69, 9.17) is 9.47 Å². The van der Waals surface area contributed by atoms with Gasteiger partial charge in [0.15, 0.2) is 0 Å². The summed E-state index contributed by atoms with van der Waals surface area (Å²) in [4.78, 5) is 12.2. The summed E-state index contributed by atoms with van der Waals surface area (Å²) >= 11 is 0. The number of rotatable bonds is 11. The third-order valence-corrected chi connectivity index (χ3v) is 8.63. The van der Waals surface area contributed by atoms with E-state index in [0.717, 1.165) is 48.4 Å². The van der Waals surface area contributed by atoms with Crippen LogP contribution in [-0.2, 0) is 17.7 Å². The lowest BCUT2D eigenvalue weighted by molar-refractivity contribution is 0.0450. The van der Waals surface area contributed by atoms with Gasteiger partial charge in [0.1, 0.15) is 25.1 Å². The number of ether oxygens (including phenoxy) is 2. The van der Waals surface area contributed by atoms with E-state index in [-0.39, 0.29) is 18.7 Å². The molecule has 8 nitrogen and oxygen atoms in total. The topological polar surface area (TPSA) is 96.3 Å². The molecule has 0 aromatic heterocycles. The highest BCUT2D eigenvalue weighted by molar-refractivity contribution is 5.89. The second-order valence-electron chi connectivity index (χ2n) is 11.6. The monoisotopic (exact) mass is 589 g/mol. The van der Waals surface area contributed by atoms with Crippen LogP contribution in [0.1, 0.15) is 62.5 Å². The lowest BCUT2D eigenvalue weighted by Gasteiger charge is -2.18. The number of aryl methyl sites for hydroxylation is 3. The van der Waals surface area contributed by atoms with Crippen LogP contribution < -0.4 is 21.0 Å². The number of nitrogens with zero attached hydrogens (tertiary/aromatic N) is 2. The molecule has 4 aromatic rings. The number of hydrogen-bond acceptors (Lipinski definition) is 8. The molecule has 44 heavy (non-hydrogen) atoms. The van der Waals surface area contributed by atoms with Crippen LogP contribution in [0, 0.1) is 20.8 Å². The van der Waals surface area contributed by atoms with Gasteiger partial charge in [0.05, 0.1) is 5.56 Å². The summed E-state index contributed by atoms with van der Waals surface area (Å²) in [6.45, 7) is 7.68. The summed E-state index contributed by atoms with van der Waals surface area (Å²) in [5.74, 6) is 0.939. The summed E-state index contributed by atoms with van der Waals surface area (Å²) in [5, 5.41) is 11.7. The lowest BCUT2D eigenvalue weighted by Crippen LogP contribution is -2.31. The minimum absolute atomic E-state index is 0.0479. The third-order valence-electron chi connectivity index (χ3n) is 8.63. The van der Waals surface area contributed by atoms with Gasteiger partial charge < -0.3 is 14.8 Å². The number of anilines is 1. The molecule has 3 N–H and O–H groups in total. The smallest absolute Gasteiger partial charge is 0.338 e. The molecule has 226 valence electrons. The standard InChI is InChI=1S/C36H39N5O3/c1-23-18-31(43-16-17-44-36(42)26-8-5-4-6-9-26)19-24(2)35(23)32-11-7-10-29(25(32)3)22-37-30-14-15-33-27(20-30)12-13-28(33)21-34-38-40-41-39-34/h4-11,14-15,18-20,28,34,37H,12-13,16-17,21-22H2,1-3H3,(H,38,41)(H,39,40). The van der Waals surface area contributed by atoms with Crippen molar-refractivity contribution in [3.05, 3.63) is 118 Å². The Morgan fingerprint density at radius 1 is 0.955 bits per heavy atom. The molecule has 0 saturated heterocycles. The molecule has 0 fully saturated rings. The lowest BCUT2D eigenvalue weighted by atomic mass is 9.90. The summed E-state index contributed by atoms with van der Waals surface area (Å²) in [5.41, 5.74) is 17.7. The van der Waals surface area contributed by atoms with Gasteiger partial charge >= 0.3 is 5.97 Å². The average molecular weight is 590 g/mol. The normalized spacial score (nSPS) is 16.8. The van der Waals surface area contributed by atoms with Crippen molar-refractivity contribution in [1.82, 2.24) is 11.0 Å². The SMILES string of the molecule is Cc1cc(OCCOC(=O)c2ccccc2)cc(C)c1-c1cccc(CNc2ccc3c(c2)CCC3CC2N=NNN2)c1C. The van der Waals surface area contributed by atoms with E-state index < -0.39 is 0 Å². The van der Waals surface area contributed by atoms with Gasteiger partial charge in [-0.05, 0) is 127 Å². The van der Waals surface area contributed by atoms with Crippen LogP contribution in [0.25, 0.3) is 11.1 Å². The number of fused-ring (bicyclic) bond motifs is 1. The van der Waals surface area contributed by atoms with Crippen molar-refractivity contribution in [3.63, 3.8) is 0 Å². The van der Waals surface area contributed by atoms with E-state index in [1.807, 2.05) is 18.2 Å². The molecule has 0 bridgehead atoms. The van der Waals surface area contributed by atoms with Crippen LogP contribution in [0.5, 0.6) is 5.75 Å². The first kappa shape index (κ1) is 29.4. The fraction of sp³-hybridized carbons (Fsp3) is 0.306. The minimum atomic E-state index is -0.342. The van der Waals surface area contributed by atoms with Crippen molar-refractivity contribution in [3.8, 4) is 16.9 Å². The number of nitrogens with one attached hydrogen (secondary N) is 3. The first-order valence-electron chi connectivity index (χ1n) is 15.3. The largest absolute Gasteiger partial charge is 0.490 e. The van der Waals surface area contributed by atoms with Crippen LogP contribution in [0.2, 0.25) is 0 Å². The summed E-state index contributed by atoms with van der Waals surface area (Å²) in [7, 11) is 0. The predicted octanol–water partition coefficient (Wildman–Crippen LogP) is 7.35. The fourth-order valence-electron chi connectivity index (χ4n) is 6.39. The highest BCUT2D eigenvalue weighted by atomic mass is 16.6. The van der Waals surface area contributed by atoms with Gasteiger partial charge in [0.2, 0.25) is 0 Å². The average Bonchev–Trinajstić information content (AvgIpc) is 3.69. The summed E-state index contributed by atoms with van der Waals surface area (Å²) in [6.07, 6.45) is 3.25. The number of carbonyl (C=O) groups is 1. The van der Waals surface area contributed by atoms with Gasteiger partial charge in [-0.3, -0.25) is 0 Å². The Bertz CT molecular complexity index is 1650. The number of carbonyl (C=O) groups excluding carboxylic acids is 1. The number of esters is 1. The maximum absolute atomic E-state index is 12.2. The Morgan fingerprint density at radius 2 is 1.77 bits per heavy atom. The van der Waals surface area contributed by atoms with Gasteiger partial charge in [-0.1, -0.05) is 47.7 Å².